The summed E-state index contributed by atoms with van der Waals surface area (Å²) in [5.41, 5.74) is 7.36. The maximum Gasteiger partial charge on any atom is 0.292 e. The van der Waals surface area contributed by atoms with Gasteiger partial charge >= 0.3 is 0 Å². The van der Waals surface area contributed by atoms with E-state index in [2.05, 4.69) is 20.2 Å². The highest BCUT2D eigenvalue weighted by Gasteiger charge is 2.11. The minimum atomic E-state index is 0.337. The lowest BCUT2D eigenvalue weighted by Crippen LogP contribution is -2.08. The van der Waals surface area contributed by atoms with Crippen LogP contribution in [0.3, 0.4) is 0 Å². The number of methoxy groups -OCH3 is 1. The van der Waals surface area contributed by atoms with Gasteiger partial charge in [0.05, 0.1) is 24.2 Å². The molecule has 172 valence electrons. The molecule has 32 heavy (non-hydrogen) atoms. The van der Waals surface area contributed by atoms with Gasteiger partial charge in [-0.1, -0.05) is 57.9 Å². The number of hydrogen-bond acceptors (Lipinski definition) is 8. The molecule has 0 aromatic heterocycles. The third-order valence-corrected chi connectivity index (χ3v) is 4.47. The summed E-state index contributed by atoms with van der Waals surface area (Å²) in [4.78, 5) is 24.5. The lowest BCUT2D eigenvalue weighted by Gasteiger charge is -2.12. The smallest absolute Gasteiger partial charge is 0.292 e. The van der Waals surface area contributed by atoms with Crippen LogP contribution in [0.25, 0.3) is 0 Å². The highest BCUT2D eigenvalue weighted by molar-refractivity contribution is 6.10. The monoisotopic (exact) mass is 441 g/mol. The predicted octanol–water partition coefficient (Wildman–Crippen LogP) is 4.47. The van der Waals surface area contributed by atoms with Gasteiger partial charge in [0.1, 0.15) is 20.8 Å². The molecule has 0 bridgehead atoms. The molecule has 2 aromatic rings. The van der Waals surface area contributed by atoms with Gasteiger partial charge in [-0.15, -0.1) is 0 Å². The first-order valence-corrected chi connectivity index (χ1v) is 9.88. The van der Waals surface area contributed by atoms with E-state index in [1.807, 2.05) is 70.2 Å². The van der Waals surface area contributed by atoms with Gasteiger partial charge < -0.3 is 19.2 Å². The van der Waals surface area contributed by atoms with Crippen LogP contribution in [0, 0.1) is 6.92 Å². The molecule has 8 heteroatoms. The zero-order chi connectivity index (χ0) is 23.9. The lowest BCUT2D eigenvalue weighted by molar-refractivity contribution is -0.126. The molecule has 0 saturated heterocycles. The van der Waals surface area contributed by atoms with Crippen molar-refractivity contribution >= 4 is 23.6 Å². The van der Waals surface area contributed by atoms with Crippen molar-refractivity contribution in [1.29, 1.82) is 0 Å². The third kappa shape index (κ3) is 7.86. The Morgan fingerprint density at radius 2 is 1.25 bits per heavy atom. The molecule has 0 saturated carbocycles. The van der Waals surface area contributed by atoms with Crippen molar-refractivity contribution in [2.75, 3.05) is 21.3 Å². The van der Waals surface area contributed by atoms with Crippen LogP contribution in [-0.4, -0.2) is 44.9 Å². The largest absolute Gasteiger partial charge is 0.471 e. The van der Waals surface area contributed by atoms with Gasteiger partial charge in [0.2, 0.25) is 0 Å². The van der Waals surface area contributed by atoms with Gasteiger partial charge in [0, 0.05) is 22.3 Å². The molecule has 0 radical (unpaired) electrons. The van der Waals surface area contributed by atoms with Crippen LogP contribution in [0.4, 0.5) is 0 Å². The van der Waals surface area contributed by atoms with E-state index in [9.17, 15) is 0 Å². The first-order valence-electron chi connectivity index (χ1n) is 9.88. The van der Waals surface area contributed by atoms with E-state index in [0.717, 1.165) is 45.0 Å². The summed E-state index contributed by atoms with van der Waals surface area (Å²) in [6.45, 7) is 8.47. The van der Waals surface area contributed by atoms with Crippen LogP contribution in [-0.2, 0) is 30.7 Å². The van der Waals surface area contributed by atoms with E-state index < -0.39 is 0 Å². The second kappa shape index (κ2) is 14.3. The molecule has 0 aliphatic carbocycles. The second-order valence-corrected chi connectivity index (χ2v) is 6.65. The molecule has 0 fully saturated rings. The van der Waals surface area contributed by atoms with E-state index in [4.69, 9.17) is 19.3 Å². The number of rotatable bonds is 9. The molecule has 2 aromatic carbocycles. The number of benzene rings is 2. The first kappa shape index (κ1) is 26.4. The van der Waals surface area contributed by atoms with Crippen molar-refractivity contribution in [3.63, 3.8) is 0 Å². The second-order valence-electron chi connectivity index (χ2n) is 6.65. The normalized spacial score (nSPS) is 11.8. The summed E-state index contributed by atoms with van der Waals surface area (Å²) in [5, 5.41) is 12.4. The molecule has 0 aliphatic heterocycles. The number of carbonyl (C=O) groups excluding carboxylic acids is 1. The molecular formula is C24H31N3O5. The van der Waals surface area contributed by atoms with Gasteiger partial charge in [0.15, 0.2) is 0 Å². The number of hydrogen-bond donors (Lipinski definition) is 0. The van der Waals surface area contributed by atoms with Crippen molar-refractivity contribution in [3.8, 4) is 0 Å². The molecular weight excluding hydrogens is 410 g/mol. The summed E-state index contributed by atoms with van der Waals surface area (Å²) in [5.74, 6) is 0. The lowest BCUT2D eigenvalue weighted by atomic mass is 10.00. The summed E-state index contributed by atoms with van der Waals surface area (Å²) in [6, 6.07) is 13.9. The molecule has 0 atom stereocenters. The van der Waals surface area contributed by atoms with Crippen LogP contribution in [0.15, 0.2) is 57.9 Å². The molecule has 8 nitrogen and oxygen atoms in total. The molecule has 0 unspecified atom stereocenters. The Morgan fingerprint density at radius 1 is 0.781 bits per heavy atom. The number of carbonyl (C=O) groups is 1. The molecule has 0 heterocycles. The molecule has 0 N–H and O–H groups in total. The summed E-state index contributed by atoms with van der Waals surface area (Å²) < 4.78 is 3.86. The van der Waals surface area contributed by atoms with E-state index in [-0.39, 0.29) is 0 Å². The Labute approximate surface area is 189 Å². The predicted molar refractivity (Wildman–Crippen MR) is 126 cm³/mol. The van der Waals surface area contributed by atoms with Crippen LogP contribution in [0.2, 0.25) is 0 Å². The third-order valence-electron chi connectivity index (χ3n) is 4.47. The van der Waals surface area contributed by atoms with E-state index in [1.165, 1.54) is 21.3 Å². The average Bonchev–Trinajstić information content (AvgIpc) is 2.80. The first-order chi connectivity index (χ1) is 15.4. The van der Waals surface area contributed by atoms with Crippen molar-refractivity contribution in [3.05, 3.63) is 70.3 Å². The number of aryl methyl sites for hydroxylation is 1. The fourth-order valence-electron chi connectivity index (χ4n) is 2.96. The average molecular weight is 442 g/mol. The Balaban J connectivity index is 0.00000118. The minimum Gasteiger partial charge on any atom is -0.471 e. The Morgan fingerprint density at radius 3 is 1.75 bits per heavy atom. The maximum absolute atomic E-state index is 8.95. The van der Waals surface area contributed by atoms with Gasteiger partial charge in [0.25, 0.3) is 6.47 Å². The Bertz CT molecular complexity index is 968. The number of nitrogens with zero attached hydrogens (tertiary/aromatic N) is 3. The van der Waals surface area contributed by atoms with Crippen molar-refractivity contribution in [2.45, 2.75) is 34.3 Å². The van der Waals surface area contributed by atoms with Gasteiger partial charge in [-0.2, -0.15) is 0 Å². The highest BCUT2D eigenvalue weighted by Crippen LogP contribution is 2.18. The van der Waals surface area contributed by atoms with Crippen LogP contribution < -0.4 is 0 Å². The van der Waals surface area contributed by atoms with Gasteiger partial charge in [-0.3, -0.25) is 4.79 Å². The SMILES string of the molecule is CO/N=C(/C)c1ccccc1/C(C)=N/OCc1c(C)cccc1/C(C)=N\OC.COC=O. The zero-order valence-corrected chi connectivity index (χ0v) is 19.7. The highest BCUT2D eigenvalue weighted by atomic mass is 16.6. The fraction of sp³-hybridized carbons (Fsp3) is 0.333. The van der Waals surface area contributed by atoms with Crippen molar-refractivity contribution in [1.82, 2.24) is 0 Å². The summed E-state index contributed by atoms with van der Waals surface area (Å²) in [6.07, 6.45) is 0. The Kier molecular flexibility index (Phi) is 11.8. The molecule has 0 amide bonds. The Hall–Kier alpha value is -3.68. The summed E-state index contributed by atoms with van der Waals surface area (Å²) in [7, 11) is 4.38. The van der Waals surface area contributed by atoms with Crippen LogP contribution in [0.5, 0.6) is 0 Å². The fourth-order valence-corrected chi connectivity index (χ4v) is 2.96. The minimum absolute atomic E-state index is 0.337. The van der Waals surface area contributed by atoms with Crippen LogP contribution >= 0.6 is 0 Å². The van der Waals surface area contributed by atoms with E-state index >= 15 is 0 Å². The maximum atomic E-state index is 8.95. The summed E-state index contributed by atoms with van der Waals surface area (Å²) >= 11 is 0. The quantitative estimate of drug-likeness (QED) is 0.325. The van der Waals surface area contributed by atoms with Crippen molar-refractivity contribution < 1.29 is 24.0 Å². The van der Waals surface area contributed by atoms with Gasteiger partial charge in [-0.05, 0) is 33.3 Å². The zero-order valence-electron chi connectivity index (χ0n) is 19.7. The number of oxime groups is 3. The van der Waals surface area contributed by atoms with E-state index in [1.54, 1.807) is 0 Å². The molecule has 0 spiro atoms. The van der Waals surface area contributed by atoms with E-state index in [0.29, 0.717) is 13.1 Å². The number of ether oxygens (including phenoxy) is 1. The standard InChI is InChI=1S/C22H27N3O3.C2H4O2/c1-15-10-9-13-21(17(3)24-27-6)22(15)14-28-25-18(4)20-12-8-7-11-19(20)16(2)23-26-5;1-4-2-3/h7-13H,14H2,1-6H3;2H,1H3/b23-16-,24-17-,25-18+;. The van der Waals surface area contributed by atoms with Gasteiger partial charge in [-0.25, -0.2) is 0 Å². The van der Waals surface area contributed by atoms with Crippen LogP contribution in [0.1, 0.15) is 48.6 Å². The molecule has 2 rings (SSSR count). The van der Waals surface area contributed by atoms with Crippen molar-refractivity contribution in [2.24, 2.45) is 15.5 Å². The topological polar surface area (TPSA) is 91.1 Å². The molecule has 0 aliphatic rings.